The molecule has 0 saturated carbocycles. The highest BCUT2D eigenvalue weighted by Gasteiger charge is 2.09. The SMILES string of the molecule is Clc1cc2nc(-c3ccc(Br)c(Cl)c3)[nH]c2cc1Cl. The minimum atomic E-state index is 0.487. The van der Waals surface area contributed by atoms with E-state index >= 15 is 0 Å². The van der Waals surface area contributed by atoms with E-state index in [1.807, 2.05) is 18.2 Å². The van der Waals surface area contributed by atoms with Gasteiger partial charge in [-0.1, -0.05) is 40.9 Å². The molecule has 1 N–H and O–H groups in total. The molecule has 0 saturated heterocycles. The predicted molar refractivity (Wildman–Crippen MR) is 84.3 cm³/mol. The van der Waals surface area contributed by atoms with Crippen molar-refractivity contribution < 1.29 is 0 Å². The standard InChI is InChI=1S/C13H6BrCl3N2/c14-7-2-1-6(3-8(7)15)13-18-11-4-9(16)10(17)5-12(11)19-13/h1-5H,(H,18,19). The number of aromatic nitrogens is 2. The monoisotopic (exact) mass is 374 g/mol. The van der Waals surface area contributed by atoms with Crippen LogP contribution in [0.1, 0.15) is 0 Å². The van der Waals surface area contributed by atoms with Gasteiger partial charge in [-0.15, -0.1) is 0 Å². The highest BCUT2D eigenvalue weighted by atomic mass is 79.9. The van der Waals surface area contributed by atoms with Gasteiger partial charge in [-0.25, -0.2) is 4.98 Å². The maximum Gasteiger partial charge on any atom is 0.138 e. The van der Waals surface area contributed by atoms with Crippen LogP contribution in [0, 0.1) is 0 Å². The van der Waals surface area contributed by atoms with Crippen LogP contribution < -0.4 is 0 Å². The Morgan fingerprint density at radius 1 is 0.947 bits per heavy atom. The first-order valence-corrected chi connectivity index (χ1v) is 7.27. The van der Waals surface area contributed by atoms with Crippen molar-refractivity contribution in [3.8, 4) is 11.4 Å². The van der Waals surface area contributed by atoms with Crippen molar-refractivity contribution >= 4 is 61.8 Å². The quantitative estimate of drug-likeness (QED) is 0.558. The number of hydrogen-bond donors (Lipinski definition) is 1. The number of fused-ring (bicyclic) bond motifs is 1. The molecule has 0 aliphatic rings. The third kappa shape index (κ3) is 2.48. The van der Waals surface area contributed by atoms with Crippen LogP contribution in [-0.4, -0.2) is 9.97 Å². The number of rotatable bonds is 1. The molecule has 3 aromatic rings. The molecular formula is C13H6BrCl3N2. The predicted octanol–water partition coefficient (Wildman–Crippen LogP) is 5.95. The molecule has 0 radical (unpaired) electrons. The van der Waals surface area contributed by atoms with Crippen LogP contribution in [0.15, 0.2) is 34.8 Å². The molecule has 0 aliphatic heterocycles. The van der Waals surface area contributed by atoms with Crippen molar-refractivity contribution in [3.63, 3.8) is 0 Å². The molecule has 1 heterocycles. The zero-order valence-corrected chi connectivity index (χ0v) is 13.2. The van der Waals surface area contributed by atoms with Crippen LogP contribution in [0.5, 0.6) is 0 Å². The van der Waals surface area contributed by atoms with Crippen molar-refractivity contribution in [2.75, 3.05) is 0 Å². The fourth-order valence-corrected chi connectivity index (χ4v) is 2.53. The van der Waals surface area contributed by atoms with E-state index in [4.69, 9.17) is 34.8 Å². The summed E-state index contributed by atoms with van der Waals surface area (Å²) in [5.41, 5.74) is 2.50. The fraction of sp³-hybridized carbons (Fsp3) is 0. The van der Waals surface area contributed by atoms with Crippen LogP contribution in [0.4, 0.5) is 0 Å². The number of nitrogens with one attached hydrogen (secondary N) is 1. The zero-order valence-electron chi connectivity index (χ0n) is 9.35. The third-order valence-corrected chi connectivity index (χ3v) is 4.67. The number of benzene rings is 2. The van der Waals surface area contributed by atoms with Gasteiger partial charge >= 0.3 is 0 Å². The molecule has 0 spiro atoms. The van der Waals surface area contributed by atoms with Gasteiger partial charge in [0.15, 0.2) is 0 Å². The number of hydrogen-bond acceptors (Lipinski definition) is 1. The molecule has 6 heteroatoms. The second kappa shape index (κ2) is 4.98. The lowest BCUT2D eigenvalue weighted by Crippen LogP contribution is -1.80. The largest absolute Gasteiger partial charge is 0.338 e. The summed E-state index contributed by atoms with van der Waals surface area (Å²) in [7, 11) is 0. The normalized spacial score (nSPS) is 11.2. The van der Waals surface area contributed by atoms with Gasteiger partial charge in [0.05, 0.1) is 26.1 Å². The molecule has 0 atom stereocenters. The minimum absolute atomic E-state index is 0.487. The fourth-order valence-electron chi connectivity index (χ4n) is 1.79. The van der Waals surface area contributed by atoms with Gasteiger partial charge < -0.3 is 4.98 Å². The Bertz CT molecular complexity index is 744. The molecule has 2 nitrogen and oxygen atoms in total. The van der Waals surface area contributed by atoms with E-state index in [0.717, 1.165) is 26.9 Å². The second-order valence-electron chi connectivity index (χ2n) is 4.00. The lowest BCUT2D eigenvalue weighted by Gasteiger charge is -1.99. The average molecular weight is 376 g/mol. The van der Waals surface area contributed by atoms with Crippen LogP contribution in [-0.2, 0) is 0 Å². The molecule has 2 aromatic carbocycles. The van der Waals surface area contributed by atoms with E-state index in [1.54, 1.807) is 12.1 Å². The van der Waals surface area contributed by atoms with E-state index in [2.05, 4.69) is 25.9 Å². The Labute approximate surface area is 132 Å². The van der Waals surface area contributed by atoms with E-state index in [0.29, 0.717) is 15.1 Å². The van der Waals surface area contributed by atoms with E-state index in [-0.39, 0.29) is 0 Å². The van der Waals surface area contributed by atoms with Gasteiger partial charge in [-0.05, 0) is 40.2 Å². The molecule has 3 rings (SSSR count). The maximum absolute atomic E-state index is 6.08. The van der Waals surface area contributed by atoms with Crippen molar-refractivity contribution in [3.05, 3.63) is 49.9 Å². The summed E-state index contributed by atoms with van der Waals surface area (Å²) in [6.45, 7) is 0. The Morgan fingerprint density at radius 3 is 2.42 bits per heavy atom. The van der Waals surface area contributed by atoms with Gasteiger partial charge in [-0.2, -0.15) is 0 Å². The van der Waals surface area contributed by atoms with E-state index in [1.165, 1.54) is 0 Å². The van der Waals surface area contributed by atoms with Gasteiger partial charge in [0, 0.05) is 10.0 Å². The van der Waals surface area contributed by atoms with Crippen LogP contribution in [0.2, 0.25) is 15.1 Å². The summed E-state index contributed by atoms with van der Waals surface area (Å²) in [6, 6.07) is 9.14. The lowest BCUT2D eigenvalue weighted by molar-refractivity contribution is 1.33. The molecule has 0 amide bonds. The molecule has 96 valence electrons. The van der Waals surface area contributed by atoms with Gasteiger partial charge in [0.1, 0.15) is 5.82 Å². The summed E-state index contributed by atoms with van der Waals surface area (Å²) in [5.74, 6) is 0.725. The Kier molecular flexibility index (Phi) is 3.48. The number of nitrogens with zero attached hydrogens (tertiary/aromatic N) is 1. The first-order valence-electron chi connectivity index (χ1n) is 5.35. The Morgan fingerprint density at radius 2 is 1.68 bits per heavy atom. The maximum atomic E-state index is 6.08. The van der Waals surface area contributed by atoms with Crippen LogP contribution in [0.3, 0.4) is 0 Å². The zero-order chi connectivity index (χ0) is 13.6. The summed E-state index contributed by atoms with van der Waals surface area (Å²) < 4.78 is 0.847. The number of H-pyrrole nitrogens is 1. The van der Waals surface area contributed by atoms with Gasteiger partial charge in [-0.3, -0.25) is 0 Å². The topological polar surface area (TPSA) is 28.7 Å². The Balaban J connectivity index is 2.17. The smallest absolute Gasteiger partial charge is 0.138 e. The van der Waals surface area contributed by atoms with Crippen LogP contribution >= 0.6 is 50.7 Å². The summed E-state index contributed by atoms with van der Waals surface area (Å²) in [4.78, 5) is 7.68. The second-order valence-corrected chi connectivity index (χ2v) is 6.07. The van der Waals surface area contributed by atoms with Crippen molar-refractivity contribution in [2.24, 2.45) is 0 Å². The molecule has 0 fully saturated rings. The van der Waals surface area contributed by atoms with Crippen molar-refractivity contribution in [2.45, 2.75) is 0 Å². The number of imidazole rings is 1. The lowest BCUT2D eigenvalue weighted by atomic mass is 10.2. The molecule has 0 unspecified atom stereocenters. The first-order chi connectivity index (χ1) is 9.04. The van der Waals surface area contributed by atoms with Gasteiger partial charge in [0.2, 0.25) is 0 Å². The van der Waals surface area contributed by atoms with Crippen LogP contribution in [0.25, 0.3) is 22.4 Å². The highest BCUT2D eigenvalue weighted by Crippen LogP contribution is 2.31. The Hall–Kier alpha value is -0.740. The summed E-state index contributed by atoms with van der Waals surface area (Å²) in [6.07, 6.45) is 0. The third-order valence-electron chi connectivity index (χ3n) is 2.72. The van der Waals surface area contributed by atoms with Crippen molar-refractivity contribution in [1.29, 1.82) is 0 Å². The molecule has 0 aliphatic carbocycles. The summed E-state index contributed by atoms with van der Waals surface area (Å²) in [5, 5.41) is 1.62. The van der Waals surface area contributed by atoms with E-state index in [9.17, 15) is 0 Å². The highest BCUT2D eigenvalue weighted by molar-refractivity contribution is 9.10. The summed E-state index contributed by atoms with van der Waals surface area (Å²) >= 11 is 21.4. The number of aromatic amines is 1. The van der Waals surface area contributed by atoms with Crippen molar-refractivity contribution in [1.82, 2.24) is 9.97 Å². The molecular weight excluding hydrogens is 370 g/mol. The van der Waals surface area contributed by atoms with Gasteiger partial charge in [0.25, 0.3) is 0 Å². The average Bonchev–Trinajstić information content (AvgIpc) is 2.76. The first kappa shape index (κ1) is 13.3. The number of halogens is 4. The molecule has 0 bridgehead atoms. The van der Waals surface area contributed by atoms with E-state index < -0.39 is 0 Å². The molecule has 19 heavy (non-hydrogen) atoms. The molecule has 1 aromatic heterocycles. The minimum Gasteiger partial charge on any atom is -0.338 e.